The fourth-order valence-electron chi connectivity index (χ4n) is 16.7. The number of esters is 3. The summed E-state index contributed by atoms with van der Waals surface area (Å²) in [5, 5.41) is 18.6. The van der Waals surface area contributed by atoms with E-state index in [-0.39, 0.29) is 56.4 Å². The smallest absolute Gasteiger partial charge is 0.407 e. The molecule has 0 spiro atoms. The minimum absolute atomic E-state index is 0.103. The van der Waals surface area contributed by atoms with Gasteiger partial charge in [0.1, 0.15) is 30.8 Å². The monoisotopic (exact) mass is 1920 g/mol. The molecule has 0 fully saturated rings. The van der Waals surface area contributed by atoms with Gasteiger partial charge in [-0.25, -0.2) is 19.2 Å². The van der Waals surface area contributed by atoms with Crippen LogP contribution in [0.2, 0.25) is 15.1 Å². The van der Waals surface area contributed by atoms with Crippen LogP contribution < -0.4 is 21.7 Å². The van der Waals surface area contributed by atoms with Crippen LogP contribution in [0.15, 0.2) is 409 Å². The van der Waals surface area contributed by atoms with Crippen LogP contribution in [0, 0.1) is 20.8 Å². The highest BCUT2D eigenvalue weighted by molar-refractivity contribution is 6.32. The number of amides is 3. The summed E-state index contributed by atoms with van der Waals surface area (Å²) in [6.07, 6.45) is 18.2. The van der Waals surface area contributed by atoms with Crippen molar-refractivity contribution in [3.05, 3.63) is 524 Å². The first kappa shape index (κ1) is 102. The molecule has 7 atom stereocenters. The van der Waals surface area contributed by atoms with Gasteiger partial charge in [-0.2, -0.15) is 0 Å². The highest BCUT2D eigenvalue weighted by Crippen LogP contribution is 2.49. The highest BCUT2D eigenvalue weighted by atomic mass is 35.5. The third kappa shape index (κ3) is 26.0. The second kappa shape index (κ2) is 50.0. The number of aryl methyl sites for hydroxylation is 3. The van der Waals surface area contributed by atoms with Gasteiger partial charge in [0.25, 0.3) is 0 Å². The number of pyridine rings is 4. The molecule has 6 N–H and O–H groups in total. The second-order valence-corrected chi connectivity index (χ2v) is 34.8. The van der Waals surface area contributed by atoms with Gasteiger partial charge in [-0.3, -0.25) is 34.3 Å². The van der Waals surface area contributed by atoms with E-state index in [1.54, 1.807) is 104 Å². The van der Waals surface area contributed by atoms with Gasteiger partial charge in [-0.15, -0.1) is 13.2 Å². The molecule has 0 saturated heterocycles. The number of nitrogens with zero attached hydrogens (tertiary/aromatic N) is 4. The van der Waals surface area contributed by atoms with E-state index in [1.807, 2.05) is 288 Å². The predicted octanol–water partition coefficient (Wildman–Crippen LogP) is 22.2. The Morgan fingerprint density at radius 2 is 0.657 bits per heavy atom. The van der Waals surface area contributed by atoms with Crippen molar-refractivity contribution >= 4 is 76.6 Å². The predicted molar refractivity (Wildman–Crippen MR) is 547 cm³/mol. The van der Waals surface area contributed by atoms with E-state index < -0.39 is 70.9 Å². The minimum Gasteiger partial charge on any atom is -0.480 e. The van der Waals surface area contributed by atoms with E-state index in [0.29, 0.717) is 62.1 Å². The van der Waals surface area contributed by atoms with Crippen LogP contribution in [0.3, 0.4) is 0 Å². The van der Waals surface area contributed by atoms with Crippen molar-refractivity contribution in [2.75, 3.05) is 6.61 Å². The first-order valence-electron chi connectivity index (χ1n) is 45.8. The van der Waals surface area contributed by atoms with Crippen molar-refractivity contribution in [3.8, 4) is 11.1 Å². The van der Waals surface area contributed by atoms with Gasteiger partial charge in [0.2, 0.25) is 11.8 Å². The van der Waals surface area contributed by atoms with Gasteiger partial charge in [0.05, 0.1) is 0 Å². The maximum atomic E-state index is 14.6. The molecule has 1 aliphatic rings. The van der Waals surface area contributed by atoms with E-state index in [1.165, 1.54) is 0 Å². The first-order valence-corrected chi connectivity index (χ1v) is 46.9. The fourth-order valence-corrected chi connectivity index (χ4v) is 17.5. The average molecular weight is 1920 g/mol. The van der Waals surface area contributed by atoms with Crippen molar-refractivity contribution in [1.29, 1.82) is 0 Å². The number of carboxylic acid groups (broad SMARTS) is 1. The molecule has 11 aromatic carbocycles. The Kier molecular flexibility index (Phi) is 36.3. The number of nitrogens with two attached hydrogens (primary N) is 1. The van der Waals surface area contributed by atoms with E-state index in [2.05, 4.69) is 73.3 Å². The number of nitrogens with one attached hydrogen (secondary N) is 3. The molecule has 708 valence electrons. The fraction of sp³-hybridized carbons (Fsp3) is 0.171. The van der Waals surface area contributed by atoms with Gasteiger partial charge in [0.15, 0.2) is 16.8 Å². The summed E-state index contributed by atoms with van der Waals surface area (Å²) in [6, 6.07) is 101. The molecule has 20 nitrogen and oxygen atoms in total. The van der Waals surface area contributed by atoms with E-state index >= 15 is 0 Å². The third-order valence-corrected chi connectivity index (χ3v) is 24.7. The summed E-state index contributed by atoms with van der Waals surface area (Å²) in [7, 11) is 0. The zero-order valence-corrected chi connectivity index (χ0v) is 79.9. The second-order valence-electron chi connectivity index (χ2n) is 33.6. The molecule has 3 unspecified atom stereocenters. The number of carboxylic acids is 1. The SMILES string of the molecule is C=CCCC(=O)N[C@@H](Cc1cccnc1)C(=O)O.C=CCCC(=O)N[C@@H](Cc1cccnc1)C(=O)OC(c1ccccc1)(c1ccc(C)cc1)c1ccccc1Cl.Cc1ccc(C(OC(=O)[C@@H](N)Cc2cccnc2)(c2ccccc2)c2ccccc2Cl)cc1.Cc1ccc(C(OC(=O)[C@H](Cc2cccnc2)NC(=O)OCC2c3ccccc3-c3ccccc32)(c2ccccc2)c2ccccc2Cl)cc1. The quantitative estimate of drug-likeness (QED) is 0.0107. The number of hydrogen-bond acceptors (Lipinski definition) is 16. The molecule has 1 aliphatic carbocycles. The molecule has 0 aliphatic heterocycles. The Balaban J connectivity index is 0.000000165. The summed E-state index contributed by atoms with van der Waals surface area (Å²) in [4.78, 5) is 108. The van der Waals surface area contributed by atoms with Gasteiger partial charge in [0, 0.05) is 153 Å². The Hall–Kier alpha value is -15.6. The Labute approximate surface area is 830 Å². The third-order valence-electron chi connectivity index (χ3n) is 23.7. The molecule has 0 radical (unpaired) electrons. The number of halogens is 3. The molecule has 15 aromatic rings. The summed E-state index contributed by atoms with van der Waals surface area (Å²) < 4.78 is 25.5. The summed E-state index contributed by atoms with van der Waals surface area (Å²) in [6.45, 7) is 13.3. The average Bonchev–Trinajstić information content (AvgIpc) is 0.769. The molecule has 4 heterocycles. The number of carbonyl (C=O) groups is 7. The number of hydrogen-bond donors (Lipinski definition) is 5. The normalized spacial score (nSPS) is 13.2. The number of alkyl carbamates (subject to hydrolysis) is 1. The number of carbonyl (C=O) groups excluding carboxylic acids is 6. The van der Waals surface area contributed by atoms with Crippen LogP contribution >= 0.6 is 34.8 Å². The largest absolute Gasteiger partial charge is 0.480 e. The lowest BCUT2D eigenvalue weighted by molar-refractivity contribution is -0.157. The minimum atomic E-state index is -1.44. The first-order chi connectivity index (χ1) is 68.0. The zero-order chi connectivity index (χ0) is 98.8. The van der Waals surface area contributed by atoms with Crippen LogP contribution in [0.25, 0.3) is 11.1 Å². The maximum absolute atomic E-state index is 14.6. The van der Waals surface area contributed by atoms with Crippen LogP contribution in [0.5, 0.6) is 0 Å². The Bertz CT molecular complexity index is 6620. The number of rotatable bonds is 35. The molecule has 0 bridgehead atoms. The number of allylic oxidation sites excluding steroid dienone is 2. The van der Waals surface area contributed by atoms with Crippen molar-refractivity contribution in [2.45, 2.75) is 119 Å². The molecule has 23 heteroatoms. The van der Waals surface area contributed by atoms with Crippen molar-refractivity contribution < 1.29 is 57.6 Å². The summed E-state index contributed by atoms with van der Waals surface area (Å²) >= 11 is 20.4. The number of ether oxygens (including phenoxy) is 4. The van der Waals surface area contributed by atoms with Gasteiger partial charge < -0.3 is 45.7 Å². The molecule has 0 saturated carbocycles. The standard InChI is InChI=1S/C43H35ClN2O4.C33H31ClN2O3.C28H25ClN2O2.C13H16N2O3/c1-29-21-23-32(24-22-29)43(31-13-3-2-4-14-31,38-19-9-10-20-39(38)44)50-41(47)40(26-30-12-11-25-45-27-30)46-42(48)49-28-37-35-17-7-5-15-33(35)34-16-6-8-18-36(34)37;1-3-4-16-31(37)36-30(22-25-11-10-21-35-23-25)32(38)39-33(26-12-6-5-7-13-26,27-19-17-24(2)18-20-27)28-14-8-9-15-29(28)34;1-20-13-15-23(16-14-20)28(22-9-3-2-4-10-22,24-11-5-6-12-25(24)29)33-27(32)26(30)18-21-8-7-17-31-19-21;1-2-3-6-12(16)15-11(13(17)18)8-10-5-4-7-14-9-10/h2-25,27,37,40H,26,28H2,1H3,(H,46,48);3,5-15,17-21,23,30H,1,4,16,22H2,2H3,(H,36,37);2-17,19,26H,18,30H2,1H3;2,4-5,7,9,11H,1,3,6,8H2,(H,15,16)(H,17,18)/t40-,43?;30-,33?;26-,28?;11-/m0000/s1. The number of aliphatic carboxylic acids is 1. The van der Waals surface area contributed by atoms with E-state index in [4.69, 9.17) is 64.6 Å². The lowest BCUT2D eigenvalue weighted by Gasteiger charge is -2.37. The Morgan fingerprint density at radius 3 is 0.986 bits per heavy atom. The van der Waals surface area contributed by atoms with E-state index in [9.17, 15) is 33.6 Å². The zero-order valence-electron chi connectivity index (χ0n) is 77.6. The lowest BCUT2D eigenvalue weighted by Crippen LogP contribution is -2.47. The molecule has 4 aromatic heterocycles. The van der Waals surface area contributed by atoms with Crippen LogP contribution in [0.4, 0.5) is 4.79 Å². The van der Waals surface area contributed by atoms with Crippen LogP contribution in [0.1, 0.15) is 132 Å². The number of aromatic nitrogens is 4. The van der Waals surface area contributed by atoms with Gasteiger partial charge in [-0.05, 0) is 127 Å². The van der Waals surface area contributed by atoms with Crippen molar-refractivity contribution in [3.63, 3.8) is 0 Å². The molecule has 140 heavy (non-hydrogen) atoms. The van der Waals surface area contributed by atoms with E-state index in [0.717, 1.165) is 83.5 Å². The molecule has 16 rings (SSSR count). The summed E-state index contributed by atoms with van der Waals surface area (Å²) in [5.41, 5.74) is 19.4. The van der Waals surface area contributed by atoms with Crippen LogP contribution in [-0.4, -0.2) is 97.6 Å². The summed E-state index contributed by atoms with van der Waals surface area (Å²) in [5.74, 6) is -3.51. The lowest BCUT2D eigenvalue weighted by atomic mass is 9.79. The molecule has 3 amide bonds. The van der Waals surface area contributed by atoms with Gasteiger partial charge >= 0.3 is 30.0 Å². The highest BCUT2D eigenvalue weighted by Gasteiger charge is 2.48. The van der Waals surface area contributed by atoms with Gasteiger partial charge in [-0.1, -0.05) is 355 Å². The number of benzene rings is 11. The molecular formula is C117H107Cl3N8O12. The van der Waals surface area contributed by atoms with Crippen molar-refractivity contribution in [2.24, 2.45) is 5.73 Å². The molecular weight excluding hydrogens is 1820 g/mol. The number of fused-ring (bicyclic) bond motifs is 3. The van der Waals surface area contributed by atoms with Crippen molar-refractivity contribution in [1.82, 2.24) is 35.9 Å². The maximum Gasteiger partial charge on any atom is 0.407 e. The Morgan fingerprint density at radius 1 is 0.364 bits per heavy atom. The van der Waals surface area contributed by atoms with Crippen LogP contribution in [-0.2, 0) is 90.2 Å². The topological polar surface area (TPSA) is 290 Å².